The molecule has 0 amide bonds. The molecule has 0 bridgehead atoms. The zero-order valence-corrected chi connectivity index (χ0v) is 24.5. The van der Waals surface area contributed by atoms with E-state index < -0.39 is 12.2 Å². The molecule has 7 nitrogen and oxygen atoms in total. The largest absolute Gasteiger partial charge is 0.493 e. The van der Waals surface area contributed by atoms with Crippen molar-refractivity contribution >= 4 is 0 Å². The number of aliphatic hydroxyl groups excluding tert-OH is 3. The Kier molecular flexibility index (Phi) is 12.0. The predicted molar refractivity (Wildman–Crippen MR) is 162 cm³/mol. The van der Waals surface area contributed by atoms with Crippen molar-refractivity contribution in [3.63, 3.8) is 0 Å². The second kappa shape index (κ2) is 15.9. The van der Waals surface area contributed by atoms with Crippen molar-refractivity contribution in [2.75, 3.05) is 26.4 Å². The van der Waals surface area contributed by atoms with E-state index in [0.29, 0.717) is 26.2 Å². The Morgan fingerprint density at radius 3 is 2.00 bits per heavy atom. The van der Waals surface area contributed by atoms with Crippen molar-refractivity contribution in [3.8, 4) is 22.6 Å². The van der Waals surface area contributed by atoms with Crippen molar-refractivity contribution in [1.29, 1.82) is 0 Å². The molecule has 3 aromatic rings. The summed E-state index contributed by atoms with van der Waals surface area (Å²) in [5.74, 6) is 1.51. The van der Waals surface area contributed by atoms with Crippen LogP contribution in [-0.4, -0.2) is 64.9 Å². The Hall–Kier alpha value is -2.97. The Morgan fingerprint density at radius 2 is 1.39 bits per heavy atom. The Labute approximate surface area is 244 Å². The molecule has 4 N–H and O–H groups in total. The lowest BCUT2D eigenvalue weighted by molar-refractivity contribution is -0.000222. The minimum absolute atomic E-state index is 0.113. The van der Waals surface area contributed by atoms with Crippen LogP contribution in [0.1, 0.15) is 55.2 Å². The Morgan fingerprint density at radius 1 is 0.780 bits per heavy atom. The number of hydrogen-bond acceptors (Lipinski definition) is 7. The highest BCUT2D eigenvalue weighted by molar-refractivity contribution is 5.74. The maximum absolute atomic E-state index is 10.2. The summed E-state index contributed by atoms with van der Waals surface area (Å²) in [5.41, 5.74) is 5.86. The minimum atomic E-state index is -0.875. The van der Waals surface area contributed by atoms with Crippen LogP contribution in [0.3, 0.4) is 0 Å². The second-order valence-corrected chi connectivity index (χ2v) is 11.1. The number of rotatable bonds is 16. The fourth-order valence-electron chi connectivity index (χ4n) is 5.69. The lowest BCUT2D eigenvalue weighted by Gasteiger charge is -2.19. The van der Waals surface area contributed by atoms with Gasteiger partial charge in [-0.25, -0.2) is 0 Å². The first-order chi connectivity index (χ1) is 20.0. The van der Waals surface area contributed by atoms with Gasteiger partial charge in [0.2, 0.25) is 0 Å². The van der Waals surface area contributed by atoms with Crippen LogP contribution in [0.15, 0.2) is 60.9 Å². The minimum Gasteiger partial charge on any atom is -0.493 e. The smallest absolute Gasteiger partial charge is 0.122 e. The van der Waals surface area contributed by atoms with E-state index in [4.69, 9.17) is 9.47 Å². The van der Waals surface area contributed by atoms with Gasteiger partial charge in [-0.15, -0.1) is 0 Å². The SMILES string of the molecule is Cc1c(OCCCCCCc2ccncc2)cccc1-c1cccc(OCCCN[C@@H]2C[C@H](CO)[C@@H](O)[C@H]2O)c1C. The van der Waals surface area contributed by atoms with E-state index in [0.717, 1.165) is 59.4 Å². The highest BCUT2D eigenvalue weighted by Crippen LogP contribution is 2.35. The number of hydrogen-bond donors (Lipinski definition) is 4. The van der Waals surface area contributed by atoms with E-state index in [9.17, 15) is 15.3 Å². The molecule has 0 aliphatic heterocycles. The van der Waals surface area contributed by atoms with E-state index in [2.05, 4.69) is 54.5 Å². The lowest BCUT2D eigenvalue weighted by atomic mass is 9.95. The number of ether oxygens (including phenoxy) is 2. The summed E-state index contributed by atoms with van der Waals surface area (Å²) in [6.07, 6.45) is 9.00. The van der Waals surface area contributed by atoms with Crippen LogP contribution in [0, 0.1) is 19.8 Å². The van der Waals surface area contributed by atoms with E-state index in [1.807, 2.05) is 30.6 Å². The Balaban J connectivity index is 1.22. The van der Waals surface area contributed by atoms with E-state index in [-0.39, 0.29) is 18.6 Å². The van der Waals surface area contributed by atoms with E-state index >= 15 is 0 Å². The first kappa shape index (κ1) is 31.0. The monoisotopic (exact) mass is 562 g/mol. The molecule has 222 valence electrons. The quantitative estimate of drug-likeness (QED) is 0.182. The molecule has 2 aromatic carbocycles. The molecular weight excluding hydrogens is 516 g/mol. The van der Waals surface area contributed by atoms with Crippen LogP contribution in [-0.2, 0) is 6.42 Å². The van der Waals surface area contributed by atoms with Gasteiger partial charge in [-0.2, -0.15) is 0 Å². The van der Waals surface area contributed by atoms with Gasteiger partial charge in [-0.05, 0) is 105 Å². The molecule has 7 heteroatoms. The fourth-order valence-corrected chi connectivity index (χ4v) is 5.69. The molecule has 0 saturated heterocycles. The summed E-state index contributed by atoms with van der Waals surface area (Å²) < 4.78 is 12.3. The number of aliphatic hydroxyl groups is 3. The van der Waals surface area contributed by atoms with Crippen molar-refractivity contribution < 1.29 is 24.8 Å². The number of benzene rings is 2. The van der Waals surface area contributed by atoms with E-state index in [1.165, 1.54) is 18.4 Å². The number of unbranched alkanes of at least 4 members (excludes halogenated alkanes) is 3. The van der Waals surface area contributed by atoms with Gasteiger partial charge in [-0.1, -0.05) is 37.1 Å². The maximum Gasteiger partial charge on any atom is 0.122 e. The van der Waals surface area contributed by atoms with Crippen LogP contribution >= 0.6 is 0 Å². The summed E-state index contributed by atoms with van der Waals surface area (Å²) in [5, 5.41) is 32.8. The van der Waals surface area contributed by atoms with Crippen LogP contribution in [0.5, 0.6) is 11.5 Å². The molecule has 1 saturated carbocycles. The Bertz CT molecular complexity index is 1200. The average molecular weight is 563 g/mol. The maximum atomic E-state index is 10.2. The summed E-state index contributed by atoms with van der Waals surface area (Å²) in [6, 6.07) is 16.4. The first-order valence-corrected chi connectivity index (χ1v) is 15.0. The standard InChI is InChI=1S/C34H46N2O5/c1-24-28(11-7-13-31(24)40-20-6-4-3-5-10-26-15-18-35-19-16-26)29-12-8-14-32(25(29)2)41-21-9-17-36-30-22-27(23-37)33(38)34(30)39/h7-8,11-16,18-19,27,30,33-34,36-39H,3-6,9-10,17,20-23H2,1-2H3/t27-,30-,33-,34+/m1/s1. The molecule has 1 fully saturated rings. The van der Waals surface area contributed by atoms with Gasteiger partial charge in [0.05, 0.1) is 25.4 Å². The molecule has 0 radical (unpaired) electrons. The number of aromatic nitrogens is 1. The van der Waals surface area contributed by atoms with Crippen LogP contribution in [0.4, 0.5) is 0 Å². The number of nitrogens with one attached hydrogen (secondary N) is 1. The molecule has 1 aliphatic carbocycles. The zero-order chi connectivity index (χ0) is 29.0. The fraction of sp³-hybridized carbons (Fsp3) is 0.500. The molecular formula is C34H46N2O5. The van der Waals surface area contributed by atoms with Gasteiger partial charge in [0.25, 0.3) is 0 Å². The molecule has 1 aromatic heterocycles. The number of aryl methyl sites for hydroxylation is 1. The molecule has 0 unspecified atom stereocenters. The third-order valence-corrected chi connectivity index (χ3v) is 8.25. The van der Waals surface area contributed by atoms with E-state index in [1.54, 1.807) is 0 Å². The number of pyridine rings is 1. The predicted octanol–water partition coefficient (Wildman–Crippen LogP) is 5.01. The first-order valence-electron chi connectivity index (χ1n) is 15.0. The molecule has 4 atom stereocenters. The van der Waals surface area contributed by atoms with Gasteiger partial charge >= 0.3 is 0 Å². The van der Waals surface area contributed by atoms with Crippen molar-refractivity contribution in [3.05, 3.63) is 77.6 Å². The van der Waals surface area contributed by atoms with Gasteiger partial charge in [-0.3, -0.25) is 4.98 Å². The average Bonchev–Trinajstić information content (AvgIpc) is 3.27. The van der Waals surface area contributed by atoms with Crippen molar-refractivity contribution in [2.24, 2.45) is 5.92 Å². The highest BCUT2D eigenvalue weighted by Gasteiger charge is 2.40. The van der Waals surface area contributed by atoms with Crippen molar-refractivity contribution in [1.82, 2.24) is 10.3 Å². The van der Waals surface area contributed by atoms with Crippen LogP contribution in [0.25, 0.3) is 11.1 Å². The zero-order valence-electron chi connectivity index (χ0n) is 24.5. The molecule has 1 heterocycles. The lowest BCUT2D eigenvalue weighted by Crippen LogP contribution is -2.40. The summed E-state index contributed by atoms with van der Waals surface area (Å²) in [7, 11) is 0. The molecule has 4 rings (SSSR count). The summed E-state index contributed by atoms with van der Waals surface area (Å²) >= 11 is 0. The van der Waals surface area contributed by atoms with Crippen molar-refractivity contribution in [2.45, 2.75) is 77.0 Å². The highest BCUT2D eigenvalue weighted by atomic mass is 16.5. The number of nitrogens with zero attached hydrogens (tertiary/aromatic N) is 1. The van der Waals surface area contributed by atoms with Gasteiger partial charge in [0, 0.05) is 31.0 Å². The van der Waals surface area contributed by atoms with Gasteiger partial charge < -0.3 is 30.1 Å². The van der Waals surface area contributed by atoms with Crippen LogP contribution < -0.4 is 14.8 Å². The normalized spacial score (nSPS) is 20.3. The topological polar surface area (TPSA) is 104 Å². The molecule has 0 spiro atoms. The van der Waals surface area contributed by atoms with Gasteiger partial charge in [0.15, 0.2) is 0 Å². The summed E-state index contributed by atoms with van der Waals surface area (Å²) in [6.45, 7) is 6.01. The second-order valence-electron chi connectivity index (χ2n) is 11.1. The third kappa shape index (κ3) is 8.52. The third-order valence-electron chi connectivity index (χ3n) is 8.25. The molecule has 1 aliphatic rings. The molecule has 41 heavy (non-hydrogen) atoms. The van der Waals surface area contributed by atoms with Crippen LogP contribution in [0.2, 0.25) is 0 Å². The summed E-state index contributed by atoms with van der Waals surface area (Å²) in [4.78, 5) is 4.08. The van der Waals surface area contributed by atoms with Gasteiger partial charge in [0.1, 0.15) is 11.5 Å².